The van der Waals surface area contributed by atoms with Gasteiger partial charge in [0.25, 0.3) is 0 Å². The molecule has 0 fully saturated rings. The monoisotopic (exact) mass is 372 g/mol. The topological polar surface area (TPSA) is 26.3 Å². The largest absolute Gasteiger partial charge is 0.422 e. The number of unbranched alkanes of at least 4 members (excludes halogenated alkanes) is 2. The van der Waals surface area contributed by atoms with E-state index in [1.807, 2.05) is 18.2 Å². The summed E-state index contributed by atoms with van der Waals surface area (Å²) in [5.74, 6) is 0.358. The second kappa shape index (κ2) is 8.63. The van der Waals surface area contributed by atoms with Crippen LogP contribution in [0.25, 0.3) is 9.40 Å². The molecular formula is C21H24O2S2. The fourth-order valence-electron chi connectivity index (χ4n) is 2.82. The summed E-state index contributed by atoms with van der Waals surface area (Å²) in [7, 11) is 0. The highest BCUT2D eigenvalue weighted by Gasteiger charge is 2.14. The third-order valence-corrected chi connectivity index (χ3v) is 6.49. The predicted octanol–water partition coefficient (Wildman–Crippen LogP) is 6.87. The van der Waals surface area contributed by atoms with E-state index in [9.17, 15) is 4.79 Å². The van der Waals surface area contributed by atoms with Crippen molar-refractivity contribution in [1.82, 2.24) is 0 Å². The van der Waals surface area contributed by atoms with Crippen molar-refractivity contribution in [3.63, 3.8) is 0 Å². The second-order valence-electron chi connectivity index (χ2n) is 6.29. The molecule has 1 aromatic carbocycles. The summed E-state index contributed by atoms with van der Waals surface area (Å²) in [5, 5.41) is 0. The maximum atomic E-state index is 12.4. The summed E-state index contributed by atoms with van der Waals surface area (Å²) in [5.41, 5.74) is 1.30. The molecule has 0 saturated carbocycles. The van der Waals surface area contributed by atoms with Crippen molar-refractivity contribution in [1.29, 1.82) is 0 Å². The van der Waals surface area contributed by atoms with Crippen LogP contribution in [0.15, 0.2) is 36.4 Å². The Bertz CT molecular complexity index is 796. The van der Waals surface area contributed by atoms with Gasteiger partial charge in [-0.1, -0.05) is 45.2 Å². The highest BCUT2D eigenvalue weighted by molar-refractivity contribution is 7.28. The van der Waals surface area contributed by atoms with E-state index in [2.05, 4.69) is 32.0 Å². The lowest BCUT2D eigenvalue weighted by Crippen LogP contribution is -2.06. The van der Waals surface area contributed by atoms with E-state index in [1.54, 1.807) is 11.3 Å². The van der Waals surface area contributed by atoms with E-state index in [0.29, 0.717) is 10.6 Å². The van der Waals surface area contributed by atoms with Crippen LogP contribution in [0.4, 0.5) is 0 Å². The van der Waals surface area contributed by atoms with Crippen molar-refractivity contribution in [2.75, 3.05) is 0 Å². The molecule has 3 aromatic rings. The summed E-state index contributed by atoms with van der Waals surface area (Å²) in [6, 6.07) is 12.1. The van der Waals surface area contributed by atoms with E-state index in [4.69, 9.17) is 4.74 Å². The third kappa shape index (κ3) is 4.71. The summed E-state index contributed by atoms with van der Waals surface area (Å²) >= 11 is 3.30. The molecule has 2 nitrogen and oxygen atoms in total. The second-order valence-corrected chi connectivity index (χ2v) is 8.54. The number of fused-ring (bicyclic) bond motifs is 1. The summed E-state index contributed by atoms with van der Waals surface area (Å²) in [6.07, 6.45) is 7.04. The average molecular weight is 373 g/mol. The van der Waals surface area contributed by atoms with E-state index >= 15 is 0 Å². The smallest absolute Gasteiger partial charge is 0.353 e. The van der Waals surface area contributed by atoms with Crippen LogP contribution in [0, 0.1) is 0 Å². The van der Waals surface area contributed by atoms with Crippen LogP contribution in [0.5, 0.6) is 5.75 Å². The minimum Gasteiger partial charge on any atom is -0.422 e. The standard InChI is InChI=1S/C21H24O2S2/c1-3-5-6-8-15-9-11-16(12-10-15)23-21(22)20-14-19-18(25-20)13-17(24-19)7-4-2/h9-14H,3-8H2,1-2H3. The molecule has 0 atom stereocenters. The molecule has 0 saturated heterocycles. The first kappa shape index (κ1) is 18.2. The van der Waals surface area contributed by atoms with Crippen LogP contribution in [-0.2, 0) is 12.8 Å². The van der Waals surface area contributed by atoms with Crippen LogP contribution < -0.4 is 4.74 Å². The number of carbonyl (C=O) groups is 1. The number of aryl methyl sites for hydroxylation is 2. The molecule has 0 bridgehead atoms. The van der Waals surface area contributed by atoms with E-state index in [0.717, 1.165) is 19.3 Å². The maximum Gasteiger partial charge on any atom is 0.353 e. The summed E-state index contributed by atoms with van der Waals surface area (Å²) in [4.78, 5) is 14.4. The Labute approximate surface area is 157 Å². The van der Waals surface area contributed by atoms with Crippen LogP contribution in [0.3, 0.4) is 0 Å². The van der Waals surface area contributed by atoms with E-state index in [-0.39, 0.29) is 5.97 Å². The lowest BCUT2D eigenvalue weighted by atomic mass is 10.1. The van der Waals surface area contributed by atoms with Gasteiger partial charge < -0.3 is 4.74 Å². The maximum absolute atomic E-state index is 12.4. The number of esters is 1. The Balaban J connectivity index is 1.62. The summed E-state index contributed by atoms with van der Waals surface area (Å²) < 4.78 is 7.91. The molecule has 0 spiro atoms. The van der Waals surface area contributed by atoms with Gasteiger partial charge in [-0.05, 0) is 49.1 Å². The Kier molecular flexibility index (Phi) is 6.27. The minimum atomic E-state index is -0.260. The Hall–Kier alpha value is -1.65. The number of thiophene rings is 2. The van der Waals surface area contributed by atoms with Crippen molar-refractivity contribution in [2.45, 2.75) is 52.4 Å². The van der Waals surface area contributed by atoms with Crippen molar-refractivity contribution < 1.29 is 9.53 Å². The average Bonchev–Trinajstić information content (AvgIpc) is 3.15. The Morgan fingerprint density at radius 3 is 2.36 bits per heavy atom. The van der Waals surface area contributed by atoms with Gasteiger partial charge in [-0.25, -0.2) is 4.79 Å². The molecule has 2 heterocycles. The molecular weight excluding hydrogens is 348 g/mol. The van der Waals surface area contributed by atoms with E-state index in [1.165, 1.54) is 50.4 Å². The number of rotatable bonds is 8. The fourth-order valence-corrected chi connectivity index (χ4v) is 5.22. The normalized spacial score (nSPS) is 11.1. The van der Waals surface area contributed by atoms with Crippen LogP contribution >= 0.6 is 22.7 Å². The molecule has 0 aliphatic carbocycles. The van der Waals surface area contributed by atoms with Crippen molar-refractivity contribution in [2.24, 2.45) is 0 Å². The van der Waals surface area contributed by atoms with Crippen molar-refractivity contribution >= 4 is 38.0 Å². The van der Waals surface area contributed by atoms with Gasteiger partial charge >= 0.3 is 5.97 Å². The Morgan fingerprint density at radius 1 is 0.920 bits per heavy atom. The van der Waals surface area contributed by atoms with Crippen LogP contribution in [0.2, 0.25) is 0 Å². The first-order chi connectivity index (χ1) is 12.2. The molecule has 25 heavy (non-hydrogen) atoms. The number of hydrogen-bond donors (Lipinski definition) is 0. The molecule has 0 radical (unpaired) electrons. The molecule has 2 aromatic heterocycles. The lowest BCUT2D eigenvalue weighted by Gasteiger charge is -2.04. The molecule has 0 amide bonds. The zero-order valence-corrected chi connectivity index (χ0v) is 16.5. The zero-order valence-electron chi connectivity index (χ0n) is 14.8. The number of ether oxygens (including phenoxy) is 1. The lowest BCUT2D eigenvalue weighted by molar-refractivity contribution is 0.0740. The van der Waals surface area contributed by atoms with Gasteiger partial charge in [-0.3, -0.25) is 0 Å². The fraction of sp³-hybridized carbons (Fsp3) is 0.381. The first-order valence-electron chi connectivity index (χ1n) is 9.03. The van der Waals surface area contributed by atoms with Gasteiger partial charge in [0.1, 0.15) is 10.6 Å². The molecule has 0 unspecified atom stereocenters. The van der Waals surface area contributed by atoms with Crippen molar-refractivity contribution in [3.05, 3.63) is 51.7 Å². The molecule has 4 heteroatoms. The van der Waals surface area contributed by atoms with E-state index < -0.39 is 0 Å². The SMILES string of the molecule is CCCCCc1ccc(OC(=O)c2cc3sc(CCC)cc3s2)cc1. The number of hydrogen-bond acceptors (Lipinski definition) is 4. The van der Waals surface area contributed by atoms with Gasteiger partial charge in [0.15, 0.2) is 0 Å². The quantitative estimate of drug-likeness (QED) is 0.245. The van der Waals surface area contributed by atoms with Gasteiger partial charge in [0.2, 0.25) is 0 Å². The molecule has 0 aliphatic heterocycles. The minimum absolute atomic E-state index is 0.260. The predicted molar refractivity (Wildman–Crippen MR) is 108 cm³/mol. The number of carbonyl (C=O) groups excluding carboxylic acids is 1. The van der Waals surface area contributed by atoms with Crippen LogP contribution in [-0.4, -0.2) is 5.97 Å². The highest BCUT2D eigenvalue weighted by Crippen LogP contribution is 2.34. The van der Waals surface area contributed by atoms with Gasteiger partial charge in [-0.2, -0.15) is 0 Å². The molecule has 0 aliphatic rings. The zero-order chi connectivity index (χ0) is 17.6. The molecule has 0 N–H and O–H groups in total. The van der Waals surface area contributed by atoms with Gasteiger partial charge in [0, 0.05) is 14.3 Å². The van der Waals surface area contributed by atoms with Gasteiger partial charge in [0.05, 0.1) is 0 Å². The molecule has 132 valence electrons. The highest BCUT2D eigenvalue weighted by atomic mass is 32.1. The number of benzene rings is 1. The van der Waals surface area contributed by atoms with Crippen molar-refractivity contribution in [3.8, 4) is 5.75 Å². The van der Waals surface area contributed by atoms with Gasteiger partial charge in [-0.15, -0.1) is 22.7 Å². The Morgan fingerprint density at radius 2 is 1.68 bits per heavy atom. The third-order valence-electron chi connectivity index (χ3n) is 4.16. The molecule has 3 rings (SSSR count). The summed E-state index contributed by atoms with van der Waals surface area (Å²) in [6.45, 7) is 4.40. The first-order valence-corrected chi connectivity index (χ1v) is 10.7. The van der Waals surface area contributed by atoms with Crippen LogP contribution in [0.1, 0.15) is 59.6 Å².